The summed E-state index contributed by atoms with van der Waals surface area (Å²) in [5.41, 5.74) is 0.0341. The highest BCUT2D eigenvalue weighted by molar-refractivity contribution is 8.00. The molecule has 1 amide bonds. The van der Waals surface area contributed by atoms with Crippen molar-refractivity contribution in [2.24, 2.45) is 0 Å². The van der Waals surface area contributed by atoms with Crippen molar-refractivity contribution in [3.8, 4) is 0 Å². The van der Waals surface area contributed by atoms with Gasteiger partial charge in [-0.1, -0.05) is 6.92 Å². The molecule has 1 rings (SSSR count). The average molecular weight is 312 g/mol. The molecule has 0 aliphatic rings. The van der Waals surface area contributed by atoms with Gasteiger partial charge >= 0.3 is 5.97 Å². The van der Waals surface area contributed by atoms with Gasteiger partial charge in [0.05, 0.1) is 16.2 Å². The Kier molecular flexibility index (Phi) is 5.71. The van der Waals surface area contributed by atoms with E-state index in [-0.39, 0.29) is 28.8 Å². The number of carboxylic acid groups (broad SMARTS) is 1. The van der Waals surface area contributed by atoms with Crippen LogP contribution in [0.1, 0.15) is 23.7 Å². The lowest BCUT2D eigenvalue weighted by Crippen LogP contribution is -2.21. The lowest BCUT2D eigenvalue weighted by Gasteiger charge is -2.12. The number of thioether (sulfide) groups is 1. The Morgan fingerprint density at radius 1 is 1.43 bits per heavy atom. The normalized spacial score (nSPS) is 11.8. The van der Waals surface area contributed by atoms with Crippen molar-refractivity contribution < 1.29 is 19.6 Å². The largest absolute Gasteiger partial charge is 0.481 e. The highest BCUT2D eigenvalue weighted by Gasteiger charge is 2.21. The number of carboxylic acids is 1. The number of carbonyl (C=O) groups excluding carboxylic acids is 1. The summed E-state index contributed by atoms with van der Waals surface area (Å²) >= 11 is 1.11. The highest BCUT2D eigenvalue weighted by atomic mass is 32.2. The Hall–Kier alpha value is -2.09. The van der Waals surface area contributed by atoms with Gasteiger partial charge in [0.1, 0.15) is 0 Å². The quantitative estimate of drug-likeness (QED) is 0.491. The molecule has 0 saturated carbocycles. The Morgan fingerprint density at radius 2 is 2.05 bits per heavy atom. The van der Waals surface area contributed by atoms with Gasteiger partial charge in [-0.15, -0.1) is 11.8 Å². The van der Waals surface area contributed by atoms with Crippen molar-refractivity contribution in [1.82, 2.24) is 4.90 Å². The zero-order valence-corrected chi connectivity index (χ0v) is 12.7. The molecule has 0 spiro atoms. The second kappa shape index (κ2) is 7.07. The Labute approximate surface area is 126 Å². The summed E-state index contributed by atoms with van der Waals surface area (Å²) in [4.78, 5) is 34.7. The van der Waals surface area contributed by atoms with Gasteiger partial charge in [-0.2, -0.15) is 0 Å². The molecule has 0 aliphatic carbocycles. The zero-order valence-electron chi connectivity index (χ0n) is 11.9. The van der Waals surface area contributed by atoms with Gasteiger partial charge in [0.25, 0.3) is 11.6 Å². The third-order valence-corrected chi connectivity index (χ3v) is 3.77. The van der Waals surface area contributed by atoms with Gasteiger partial charge < -0.3 is 10.0 Å². The molecule has 0 saturated heterocycles. The van der Waals surface area contributed by atoms with Crippen molar-refractivity contribution in [2.75, 3.05) is 14.1 Å². The lowest BCUT2D eigenvalue weighted by atomic mass is 10.2. The van der Waals surface area contributed by atoms with Gasteiger partial charge in [0, 0.05) is 31.0 Å². The number of nitro groups is 1. The standard InChI is InChI=1S/C13H16N2O5S/c1-8(6-12(16)17)21-11-5-4-9(13(18)14(2)3)7-10(11)15(19)20/h4-5,7-8H,6H2,1-3H3,(H,16,17). The minimum atomic E-state index is -0.961. The maximum Gasteiger partial charge on any atom is 0.304 e. The van der Waals surface area contributed by atoms with Gasteiger partial charge in [-0.3, -0.25) is 19.7 Å². The monoisotopic (exact) mass is 312 g/mol. The van der Waals surface area contributed by atoms with Crippen LogP contribution < -0.4 is 0 Å². The number of hydrogen-bond acceptors (Lipinski definition) is 5. The first-order valence-corrected chi connectivity index (χ1v) is 6.99. The van der Waals surface area contributed by atoms with E-state index in [1.807, 2.05) is 0 Å². The fraction of sp³-hybridized carbons (Fsp3) is 0.385. The molecule has 1 unspecified atom stereocenters. The van der Waals surface area contributed by atoms with E-state index in [0.717, 1.165) is 11.8 Å². The molecule has 0 aromatic heterocycles. The van der Waals surface area contributed by atoms with Crippen LogP contribution in [0.25, 0.3) is 0 Å². The van der Waals surface area contributed by atoms with E-state index in [1.54, 1.807) is 21.0 Å². The molecule has 8 heteroatoms. The fourth-order valence-electron chi connectivity index (χ4n) is 1.66. The molecule has 21 heavy (non-hydrogen) atoms. The maximum atomic E-state index is 11.8. The van der Waals surface area contributed by atoms with E-state index in [1.165, 1.54) is 23.1 Å². The summed E-state index contributed by atoms with van der Waals surface area (Å²) in [6.07, 6.45) is -0.0970. The van der Waals surface area contributed by atoms with E-state index in [0.29, 0.717) is 4.90 Å². The topological polar surface area (TPSA) is 101 Å². The van der Waals surface area contributed by atoms with Crippen LogP contribution in [-0.4, -0.2) is 46.2 Å². The van der Waals surface area contributed by atoms with E-state index in [9.17, 15) is 19.7 Å². The average Bonchev–Trinajstić information content (AvgIpc) is 2.36. The molecule has 1 atom stereocenters. The van der Waals surface area contributed by atoms with Crippen molar-refractivity contribution >= 4 is 29.3 Å². The second-order valence-corrected chi connectivity index (χ2v) is 6.15. The predicted octanol–water partition coefficient (Wildman–Crippen LogP) is 2.25. The van der Waals surface area contributed by atoms with Crippen molar-refractivity contribution in [3.05, 3.63) is 33.9 Å². The Bertz CT molecular complexity index is 574. The SMILES string of the molecule is CC(CC(=O)O)Sc1ccc(C(=O)N(C)C)cc1[N+](=O)[O-]. The molecule has 0 aliphatic heterocycles. The van der Waals surface area contributed by atoms with Gasteiger partial charge in [0.2, 0.25) is 0 Å². The van der Waals surface area contributed by atoms with Crippen LogP contribution in [0.4, 0.5) is 5.69 Å². The van der Waals surface area contributed by atoms with Gasteiger partial charge in [-0.05, 0) is 12.1 Å². The smallest absolute Gasteiger partial charge is 0.304 e. The Balaban J connectivity index is 3.08. The number of nitrogens with zero attached hydrogens (tertiary/aromatic N) is 2. The summed E-state index contributed by atoms with van der Waals surface area (Å²) in [5, 5.41) is 19.5. The van der Waals surface area contributed by atoms with Crippen molar-refractivity contribution in [2.45, 2.75) is 23.5 Å². The summed E-state index contributed by atoms with van der Waals surface area (Å²) in [5.74, 6) is -1.29. The molecule has 1 aromatic rings. The molecule has 0 fully saturated rings. The molecular formula is C13H16N2O5S. The Morgan fingerprint density at radius 3 is 2.52 bits per heavy atom. The van der Waals surface area contributed by atoms with Crippen LogP contribution in [0.3, 0.4) is 0 Å². The lowest BCUT2D eigenvalue weighted by molar-refractivity contribution is -0.387. The number of hydrogen-bond donors (Lipinski definition) is 1. The van der Waals surface area contributed by atoms with Crippen LogP contribution in [0.5, 0.6) is 0 Å². The van der Waals surface area contributed by atoms with E-state index in [2.05, 4.69) is 0 Å². The van der Waals surface area contributed by atoms with Crippen LogP contribution in [0, 0.1) is 10.1 Å². The molecule has 114 valence electrons. The summed E-state index contributed by atoms with van der Waals surface area (Å²) < 4.78 is 0. The van der Waals surface area contributed by atoms with E-state index >= 15 is 0 Å². The van der Waals surface area contributed by atoms with Crippen LogP contribution in [-0.2, 0) is 4.79 Å². The molecule has 1 aromatic carbocycles. The van der Waals surface area contributed by atoms with Crippen molar-refractivity contribution in [3.63, 3.8) is 0 Å². The van der Waals surface area contributed by atoms with E-state index in [4.69, 9.17) is 5.11 Å². The summed E-state index contributed by atoms with van der Waals surface area (Å²) in [6.45, 7) is 1.68. The zero-order chi connectivity index (χ0) is 16.2. The first-order valence-electron chi connectivity index (χ1n) is 6.11. The van der Waals surface area contributed by atoms with Crippen LogP contribution >= 0.6 is 11.8 Å². The minimum absolute atomic E-state index is 0.0970. The third-order valence-electron chi connectivity index (χ3n) is 2.60. The highest BCUT2D eigenvalue weighted by Crippen LogP contribution is 2.34. The number of aliphatic carboxylic acids is 1. The van der Waals surface area contributed by atoms with Crippen LogP contribution in [0.2, 0.25) is 0 Å². The predicted molar refractivity (Wildman–Crippen MR) is 78.7 cm³/mol. The van der Waals surface area contributed by atoms with Crippen molar-refractivity contribution in [1.29, 1.82) is 0 Å². The van der Waals surface area contributed by atoms with Gasteiger partial charge in [0.15, 0.2) is 0 Å². The summed E-state index contributed by atoms with van der Waals surface area (Å²) in [6, 6.07) is 4.21. The van der Waals surface area contributed by atoms with E-state index < -0.39 is 10.9 Å². The molecule has 0 heterocycles. The number of carbonyl (C=O) groups is 2. The first kappa shape index (κ1) is 17.0. The summed E-state index contributed by atoms with van der Waals surface area (Å²) in [7, 11) is 3.12. The molecule has 0 radical (unpaired) electrons. The van der Waals surface area contributed by atoms with Crippen LogP contribution in [0.15, 0.2) is 23.1 Å². The fourth-order valence-corrected chi connectivity index (χ4v) is 2.72. The molecular weight excluding hydrogens is 296 g/mol. The maximum absolute atomic E-state index is 11.8. The second-order valence-electron chi connectivity index (χ2n) is 4.67. The van der Waals surface area contributed by atoms with Gasteiger partial charge in [-0.25, -0.2) is 0 Å². The third kappa shape index (κ3) is 4.75. The molecule has 0 bridgehead atoms. The molecule has 1 N–H and O–H groups in total. The first-order chi connectivity index (χ1) is 9.72. The minimum Gasteiger partial charge on any atom is -0.481 e. The number of amides is 1. The molecule has 7 nitrogen and oxygen atoms in total. The number of benzene rings is 1. The number of rotatable bonds is 6. The number of nitro benzene ring substituents is 1.